The Balaban J connectivity index is 4.96. The number of unbranched alkanes of at least 4 members (excludes halogenated alkanes) is 1. The van der Waals surface area contributed by atoms with Crippen molar-refractivity contribution >= 4 is 40.6 Å². The van der Waals surface area contributed by atoms with E-state index in [1.54, 1.807) is 18.9 Å². The largest absolute Gasteiger partial charge is 0.480 e. The Morgan fingerprint density at radius 2 is 1.67 bits per heavy atom. The Labute approximate surface area is 214 Å². The minimum Gasteiger partial charge on any atom is -0.480 e. The van der Waals surface area contributed by atoms with Crippen LogP contribution in [0.3, 0.4) is 0 Å². The predicted octanol–water partition coefficient (Wildman–Crippen LogP) is 3.51. The van der Waals surface area contributed by atoms with Crippen molar-refractivity contribution < 1.29 is 19.5 Å². The molecular weight excluding hydrogens is 535 g/mol. The van der Waals surface area contributed by atoms with Gasteiger partial charge in [-0.1, -0.05) is 54.5 Å². The van der Waals surface area contributed by atoms with Crippen LogP contribution in [-0.4, -0.2) is 65.5 Å². The Morgan fingerprint density at radius 1 is 1.09 bits per heavy atom. The first kappa shape index (κ1) is 31.8. The summed E-state index contributed by atoms with van der Waals surface area (Å²) in [6.45, 7) is 16.2. The average molecular weight is 581 g/mol. The molecule has 0 spiro atoms. The summed E-state index contributed by atoms with van der Waals surface area (Å²) in [7, 11) is 1.78. The molecule has 3 atom stereocenters. The fourth-order valence-electron chi connectivity index (χ4n) is 3.51. The van der Waals surface area contributed by atoms with Gasteiger partial charge in [0.05, 0.1) is 6.04 Å². The van der Waals surface area contributed by atoms with E-state index in [9.17, 15) is 19.5 Å². The smallest absolute Gasteiger partial charge is 0.320 e. The Morgan fingerprint density at radius 3 is 2.09 bits per heavy atom. The number of carboxylic acids is 1. The summed E-state index contributed by atoms with van der Waals surface area (Å²) >= 11 is 2.02. The van der Waals surface area contributed by atoms with Crippen LogP contribution < -0.4 is 14.2 Å². The lowest BCUT2D eigenvalue weighted by Gasteiger charge is -2.36. The third-order valence-corrected chi connectivity index (χ3v) is 6.14. The summed E-state index contributed by atoms with van der Waals surface area (Å²) in [5.74, 6) is -0.895. The quantitative estimate of drug-likeness (QED) is 0.108. The van der Waals surface area contributed by atoms with Crippen LogP contribution >= 0.6 is 22.9 Å². The maximum atomic E-state index is 13.1. The van der Waals surface area contributed by atoms with Gasteiger partial charge in [-0.15, -0.1) is 0 Å². The van der Waals surface area contributed by atoms with Gasteiger partial charge in [0.2, 0.25) is 11.8 Å². The van der Waals surface area contributed by atoms with E-state index in [4.69, 9.17) is 0 Å². The first-order valence-corrected chi connectivity index (χ1v) is 12.8. The monoisotopic (exact) mass is 580 g/mol. The van der Waals surface area contributed by atoms with Gasteiger partial charge in [0.15, 0.2) is 0 Å². The molecule has 2 amide bonds. The summed E-state index contributed by atoms with van der Waals surface area (Å²) in [5.41, 5.74) is 0.321. The van der Waals surface area contributed by atoms with Crippen LogP contribution in [-0.2, 0) is 14.4 Å². The van der Waals surface area contributed by atoms with Crippen LogP contribution in [0.4, 0.5) is 0 Å². The van der Waals surface area contributed by atoms with E-state index >= 15 is 0 Å². The Kier molecular flexibility index (Phi) is 14.4. The maximum absolute atomic E-state index is 13.1. The SMILES string of the molecule is C/C(=C\[C@H](C(C)C)N(C)C(=O)[C@@H](NI)C(C)(C)C)C(=O)NCCCCC(NC(C)C)C(=O)O. The highest BCUT2D eigenvalue weighted by atomic mass is 127. The van der Waals surface area contributed by atoms with Gasteiger partial charge in [0, 0.05) is 48.1 Å². The van der Waals surface area contributed by atoms with E-state index in [2.05, 4.69) is 14.2 Å². The van der Waals surface area contributed by atoms with E-state index in [0.29, 0.717) is 31.4 Å². The molecular formula is C24H45IN4O4. The van der Waals surface area contributed by atoms with Crippen LogP contribution in [0.15, 0.2) is 11.6 Å². The second-order valence-electron chi connectivity index (χ2n) is 10.4. The van der Waals surface area contributed by atoms with E-state index < -0.39 is 12.0 Å². The maximum Gasteiger partial charge on any atom is 0.320 e. The van der Waals surface area contributed by atoms with E-state index in [1.165, 1.54) is 0 Å². The number of nitrogens with zero attached hydrogens (tertiary/aromatic N) is 1. The second-order valence-corrected chi connectivity index (χ2v) is 11.0. The molecule has 4 N–H and O–H groups in total. The van der Waals surface area contributed by atoms with Gasteiger partial charge in [-0.2, -0.15) is 0 Å². The van der Waals surface area contributed by atoms with Crippen LogP contribution in [0.2, 0.25) is 0 Å². The molecule has 0 saturated carbocycles. The molecule has 0 aliphatic carbocycles. The molecule has 0 aromatic heterocycles. The van der Waals surface area contributed by atoms with Gasteiger partial charge >= 0.3 is 5.97 Å². The summed E-state index contributed by atoms with van der Waals surface area (Å²) < 4.78 is 3.10. The lowest BCUT2D eigenvalue weighted by Crippen LogP contribution is -2.52. The zero-order valence-electron chi connectivity index (χ0n) is 21.8. The summed E-state index contributed by atoms with van der Waals surface area (Å²) in [5, 5.41) is 15.2. The fraction of sp³-hybridized carbons (Fsp3) is 0.792. The van der Waals surface area contributed by atoms with Crippen molar-refractivity contribution in [3.63, 3.8) is 0 Å². The van der Waals surface area contributed by atoms with Gasteiger partial charge in [-0.05, 0) is 37.5 Å². The zero-order valence-corrected chi connectivity index (χ0v) is 23.9. The fourth-order valence-corrected chi connectivity index (χ4v) is 4.71. The van der Waals surface area contributed by atoms with Crippen molar-refractivity contribution in [2.75, 3.05) is 13.6 Å². The number of nitrogens with one attached hydrogen (secondary N) is 3. The van der Waals surface area contributed by atoms with Crippen molar-refractivity contribution in [3.8, 4) is 0 Å². The van der Waals surface area contributed by atoms with E-state index in [-0.39, 0.29) is 41.3 Å². The summed E-state index contributed by atoms with van der Waals surface area (Å²) in [4.78, 5) is 38.7. The van der Waals surface area contributed by atoms with Crippen LogP contribution in [0, 0.1) is 11.3 Å². The average Bonchev–Trinajstić information content (AvgIpc) is 2.68. The second kappa shape index (κ2) is 14.9. The van der Waals surface area contributed by atoms with Gasteiger partial charge in [0.1, 0.15) is 12.1 Å². The number of hydrogen-bond acceptors (Lipinski definition) is 5. The highest BCUT2D eigenvalue weighted by Crippen LogP contribution is 2.24. The number of likely N-dealkylation sites (N-methyl/N-ethyl adjacent to an activating group) is 1. The number of carbonyl (C=O) groups is 3. The van der Waals surface area contributed by atoms with Gasteiger partial charge < -0.3 is 20.6 Å². The molecule has 0 fully saturated rings. The molecule has 8 nitrogen and oxygen atoms in total. The molecule has 0 radical (unpaired) electrons. The molecule has 9 heteroatoms. The van der Waals surface area contributed by atoms with E-state index in [1.807, 2.05) is 77.4 Å². The first-order valence-electron chi connectivity index (χ1n) is 11.7. The third kappa shape index (κ3) is 11.7. The van der Waals surface area contributed by atoms with Crippen LogP contribution in [0.5, 0.6) is 0 Å². The Hall–Kier alpha value is -1.20. The number of hydrogen-bond donors (Lipinski definition) is 4. The van der Waals surface area contributed by atoms with Crippen LogP contribution in [0.1, 0.15) is 74.7 Å². The van der Waals surface area contributed by atoms with Crippen molar-refractivity contribution in [2.24, 2.45) is 11.3 Å². The zero-order chi connectivity index (χ0) is 25.9. The number of carboxylic acid groups (broad SMARTS) is 1. The highest BCUT2D eigenvalue weighted by molar-refractivity contribution is 14.1. The molecule has 0 heterocycles. The van der Waals surface area contributed by atoms with Gasteiger partial charge in [0.25, 0.3) is 0 Å². The minimum atomic E-state index is -0.851. The lowest BCUT2D eigenvalue weighted by molar-refractivity contribution is -0.140. The van der Waals surface area contributed by atoms with Crippen molar-refractivity contribution in [1.82, 2.24) is 19.1 Å². The number of aliphatic carboxylic acids is 1. The van der Waals surface area contributed by atoms with Crippen molar-refractivity contribution in [3.05, 3.63) is 11.6 Å². The number of carbonyl (C=O) groups excluding carboxylic acids is 2. The molecule has 0 aliphatic rings. The predicted molar refractivity (Wildman–Crippen MR) is 142 cm³/mol. The summed E-state index contributed by atoms with van der Waals surface area (Å²) in [6.07, 6.45) is 3.77. The lowest BCUT2D eigenvalue weighted by atomic mass is 9.86. The minimum absolute atomic E-state index is 0.0111. The summed E-state index contributed by atoms with van der Waals surface area (Å²) in [6, 6.07) is -1.03. The molecule has 33 heavy (non-hydrogen) atoms. The van der Waals surface area contributed by atoms with Crippen molar-refractivity contribution in [1.29, 1.82) is 0 Å². The molecule has 0 rings (SSSR count). The highest BCUT2D eigenvalue weighted by Gasteiger charge is 2.35. The Bertz CT molecular complexity index is 674. The molecule has 0 saturated heterocycles. The molecule has 0 aromatic carbocycles. The number of rotatable bonds is 14. The van der Waals surface area contributed by atoms with Gasteiger partial charge in [-0.25, -0.2) is 3.53 Å². The topological polar surface area (TPSA) is 111 Å². The van der Waals surface area contributed by atoms with Crippen molar-refractivity contribution in [2.45, 2.75) is 98.8 Å². The molecule has 0 aliphatic heterocycles. The normalized spacial score (nSPS) is 15.3. The molecule has 1 unspecified atom stereocenters. The standard InChI is InChI=1S/C24H45IN4O4/c1-15(2)19(29(9)22(31)20(28-25)24(6,7)8)14-17(5)21(30)26-13-11-10-12-18(23(32)33)27-16(3)4/h14-16,18-20,27-28H,10-13H2,1-9H3,(H,26,30)(H,32,33)/b17-14+/t18?,19-,20-/m1/s1. The van der Waals surface area contributed by atoms with E-state index in [0.717, 1.165) is 0 Å². The first-order chi connectivity index (χ1) is 15.1. The van der Waals surface area contributed by atoms with Crippen LogP contribution in [0.25, 0.3) is 0 Å². The third-order valence-electron chi connectivity index (χ3n) is 5.52. The number of halogens is 1. The number of amides is 2. The van der Waals surface area contributed by atoms with Gasteiger partial charge in [-0.3, -0.25) is 14.4 Å². The molecule has 0 aromatic rings. The molecule has 0 bridgehead atoms. The molecule has 192 valence electrons.